The molecule has 30 heavy (non-hydrogen) atoms. The van der Waals surface area contributed by atoms with Crippen molar-refractivity contribution in [1.29, 1.82) is 0 Å². The number of fused-ring (bicyclic) bond motifs is 1. The van der Waals surface area contributed by atoms with Gasteiger partial charge in [-0.1, -0.05) is 5.21 Å². The number of hydrogen-bond acceptors (Lipinski definition) is 7. The van der Waals surface area contributed by atoms with Crippen LogP contribution in [0.4, 0.5) is 10.2 Å². The summed E-state index contributed by atoms with van der Waals surface area (Å²) in [5.74, 6) is 0.785. The van der Waals surface area contributed by atoms with Crippen LogP contribution in [0, 0.1) is 5.82 Å². The van der Waals surface area contributed by atoms with Gasteiger partial charge in [0.15, 0.2) is 11.5 Å². The van der Waals surface area contributed by atoms with Crippen molar-refractivity contribution in [3.8, 4) is 5.82 Å². The van der Waals surface area contributed by atoms with Gasteiger partial charge in [-0.15, -0.1) is 10.2 Å². The monoisotopic (exact) mass is 410 g/mol. The summed E-state index contributed by atoms with van der Waals surface area (Å²) < 4.78 is 17.0. The number of aliphatic hydroxyl groups excluding tert-OH is 1. The predicted octanol–water partition coefficient (Wildman–Crippen LogP) is 1.01. The Kier molecular flexibility index (Phi) is 4.51. The van der Waals surface area contributed by atoms with Crippen molar-refractivity contribution in [1.82, 2.24) is 34.6 Å². The lowest BCUT2D eigenvalue weighted by molar-refractivity contribution is 0.298. The van der Waals surface area contributed by atoms with Gasteiger partial charge >= 0.3 is 0 Å². The lowest BCUT2D eigenvalue weighted by Gasteiger charge is -2.25. The smallest absolute Gasteiger partial charge is 0.253 e. The van der Waals surface area contributed by atoms with Gasteiger partial charge in [0.25, 0.3) is 5.56 Å². The summed E-state index contributed by atoms with van der Waals surface area (Å²) in [4.78, 5) is 21.1. The van der Waals surface area contributed by atoms with Crippen LogP contribution in [0.15, 0.2) is 41.6 Å². The summed E-state index contributed by atoms with van der Waals surface area (Å²) in [5.41, 5.74) is 1.39. The van der Waals surface area contributed by atoms with E-state index in [0.717, 1.165) is 19.0 Å². The topological polar surface area (TPSA) is 117 Å². The van der Waals surface area contributed by atoms with Crippen LogP contribution in [0.25, 0.3) is 11.5 Å². The first-order valence-electron chi connectivity index (χ1n) is 9.66. The standard InChI is InChI=1S/C19H19FN8O2/c20-12-8-14(19(30)22-9-12)15-2-1-6-26(15)17-4-3-16-21-10-18(28(16)24-17)27-11-13(5-7-29)23-25-27/h3-4,8-11,15,29H,1-2,5-7H2,(H,22,30)/t15-/m1/s1. The molecule has 0 saturated carbocycles. The summed E-state index contributed by atoms with van der Waals surface area (Å²) in [6.45, 7) is 0.691. The van der Waals surface area contributed by atoms with Crippen molar-refractivity contribution in [2.45, 2.75) is 25.3 Å². The molecule has 1 saturated heterocycles. The molecule has 4 aromatic rings. The molecule has 0 unspecified atom stereocenters. The maximum Gasteiger partial charge on any atom is 0.253 e. The van der Waals surface area contributed by atoms with E-state index in [1.807, 2.05) is 17.0 Å². The second-order valence-corrected chi connectivity index (χ2v) is 7.16. The molecule has 0 spiro atoms. The Morgan fingerprint density at radius 1 is 1.33 bits per heavy atom. The SMILES string of the molecule is O=c1[nH]cc(F)cc1[C@H]1CCCN1c1ccc2ncc(-n3cc(CCO)nn3)n2n1. The third-order valence-corrected chi connectivity index (χ3v) is 5.28. The number of nitrogens with one attached hydrogen (secondary N) is 1. The number of imidazole rings is 1. The molecule has 1 atom stereocenters. The minimum atomic E-state index is -0.471. The lowest BCUT2D eigenvalue weighted by Crippen LogP contribution is -2.29. The average molecular weight is 410 g/mol. The van der Waals surface area contributed by atoms with Crippen LogP contribution >= 0.6 is 0 Å². The average Bonchev–Trinajstić information content (AvgIpc) is 3.48. The number of aliphatic hydroxyl groups is 1. The molecule has 10 nitrogen and oxygen atoms in total. The van der Waals surface area contributed by atoms with E-state index in [-0.39, 0.29) is 18.2 Å². The molecule has 0 amide bonds. The zero-order valence-corrected chi connectivity index (χ0v) is 15.9. The number of aromatic nitrogens is 7. The Bertz CT molecular complexity index is 1260. The molecule has 1 fully saturated rings. The van der Waals surface area contributed by atoms with E-state index in [4.69, 9.17) is 10.2 Å². The zero-order chi connectivity index (χ0) is 20.7. The van der Waals surface area contributed by atoms with Gasteiger partial charge in [0, 0.05) is 31.3 Å². The highest BCUT2D eigenvalue weighted by atomic mass is 19.1. The van der Waals surface area contributed by atoms with Crippen LogP contribution < -0.4 is 10.5 Å². The Balaban J connectivity index is 1.54. The third kappa shape index (κ3) is 3.12. The molecule has 5 rings (SSSR count). The highest BCUT2D eigenvalue weighted by molar-refractivity contribution is 5.51. The van der Waals surface area contributed by atoms with Crippen molar-refractivity contribution < 1.29 is 9.50 Å². The highest BCUT2D eigenvalue weighted by Crippen LogP contribution is 2.34. The van der Waals surface area contributed by atoms with E-state index >= 15 is 0 Å². The first-order chi connectivity index (χ1) is 14.6. The summed E-state index contributed by atoms with van der Waals surface area (Å²) >= 11 is 0. The molecule has 2 N–H and O–H groups in total. The van der Waals surface area contributed by atoms with E-state index in [9.17, 15) is 9.18 Å². The Morgan fingerprint density at radius 3 is 3.10 bits per heavy atom. The molecule has 0 bridgehead atoms. The van der Waals surface area contributed by atoms with E-state index in [0.29, 0.717) is 41.5 Å². The van der Waals surface area contributed by atoms with E-state index in [1.165, 1.54) is 6.07 Å². The van der Waals surface area contributed by atoms with Crippen LogP contribution in [0.1, 0.15) is 30.1 Å². The van der Waals surface area contributed by atoms with E-state index in [2.05, 4.69) is 20.3 Å². The first kappa shape index (κ1) is 18.4. The maximum absolute atomic E-state index is 13.7. The van der Waals surface area contributed by atoms with Gasteiger partial charge in [0.05, 0.1) is 24.1 Å². The highest BCUT2D eigenvalue weighted by Gasteiger charge is 2.30. The van der Waals surface area contributed by atoms with Crippen molar-refractivity contribution in [2.75, 3.05) is 18.1 Å². The van der Waals surface area contributed by atoms with Gasteiger partial charge in [-0.25, -0.2) is 14.1 Å². The third-order valence-electron chi connectivity index (χ3n) is 5.28. The number of halogens is 1. The molecule has 1 aliphatic heterocycles. The van der Waals surface area contributed by atoms with Crippen LogP contribution in [-0.4, -0.2) is 52.8 Å². The number of hydrogen-bond donors (Lipinski definition) is 2. The zero-order valence-electron chi connectivity index (χ0n) is 15.9. The molecular formula is C19H19FN8O2. The summed E-state index contributed by atoms with van der Waals surface area (Å²) in [5, 5.41) is 21.9. The fourth-order valence-electron chi connectivity index (χ4n) is 3.89. The summed E-state index contributed by atoms with van der Waals surface area (Å²) in [6.07, 6.45) is 6.44. The van der Waals surface area contributed by atoms with Crippen molar-refractivity contribution in [2.24, 2.45) is 0 Å². The maximum atomic E-state index is 13.7. The fraction of sp³-hybridized carbons (Fsp3) is 0.316. The van der Waals surface area contributed by atoms with Gasteiger partial charge in [0.2, 0.25) is 0 Å². The molecule has 0 radical (unpaired) electrons. The Labute approximate surface area is 169 Å². The van der Waals surface area contributed by atoms with E-state index in [1.54, 1.807) is 21.6 Å². The van der Waals surface area contributed by atoms with Gasteiger partial charge < -0.3 is 15.0 Å². The van der Waals surface area contributed by atoms with Crippen LogP contribution in [0.2, 0.25) is 0 Å². The molecule has 5 heterocycles. The van der Waals surface area contributed by atoms with Crippen molar-refractivity contribution in [3.05, 3.63) is 64.2 Å². The molecule has 11 heteroatoms. The number of rotatable bonds is 5. The van der Waals surface area contributed by atoms with Crippen LogP contribution in [-0.2, 0) is 6.42 Å². The van der Waals surface area contributed by atoms with Crippen LogP contribution in [0.3, 0.4) is 0 Å². The Hall–Kier alpha value is -3.60. The number of anilines is 1. The molecule has 4 aromatic heterocycles. The summed E-state index contributed by atoms with van der Waals surface area (Å²) in [6, 6.07) is 4.71. The van der Waals surface area contributed by atoms with Crippen LogP contribution in [0.5, 0.6) is 0 Å². The molecule has 0 aliphatic carbocycles. The second-order valence-electron chi connectivity index (χ2n) is 7.16. The van der Waals surface area contributed by atoms with Gasteiger partial charge in [-0.3, -0.25) is 4.79 Å². The lowest BCUT2D eigenvalue weighted by atomic mass is 10.1. The Morgan fingerprint density at radius 2 is 2.23 bits per heavy atom. The first-order valence-corrected chi connectivity index (χ1v) is 9.66. The van der Waals surface area contributed by atoms with Gasteiger partial charge in [-0.2, -0.15) is 4.52 Å². The molecule has 154 valence electrons. The van der Waals surface area contributed by atoms with E-state index < -0.39 is 5.82 Å². The quantitative estimate of drug-likeness (QED) is 0.504. The minimum absolute atomic E-state index is 0.0101. The number of pyridine rings is 1. The molecular weight excluding hydrogens is 391 g/mol. The van der Waals surface area contributed by atoms with Gasteiger partial charge in [-0.05, 0) is 31.0 Å². The van der Waals surface area contributed by atoms with Gasteiger partial charge in [0.1, 0.15) is 11.6 Å². The fourth-order valence-corrected chi connectivity index (χ4v) is 3.89. The second kappa shape index (κ2) is 7.34. The normalized spacial score (nSPS) is 16.6. The molecule has 1 aliphatic rings. The molecule has 0 aromatic carbocycles. The minimum Gasteiger partial charge on any atom is -0.396 e. The number of aromatic amines is 1. The number of nitrogens with zero attached hydrogens (tertiary/aromatic N) is 7. The van der Waals surface area contributed by atoms with Crippen molar-refractivity contribution in [3.63, 3.8) is 0 Å². The summed E-state index contributed by atoms with van der Waals surface area (Å²) in [7, 11) is 0. The predicted molar refractivity (Wildman–Crippen MR) is 105 cm³/mol. The largest absolute Gasteiger partial charge is 0.396 e. The number of H-pyrrole nitrogens is 1. The van der Waals surface area contributed by atoms with Crippen molar-refractivity contribution >= 4 is 11.5 Å².